The third kappa shape index (κ3) is 13.9. The minimum atomic E-state index is -3.84. The Morgan fingerprint density at radius 1 is 1.04 bits per heavy atom. The van der Waals surface area contributed by atoms with E-state index in [9.17, 15) is 27.9 Å². The highest BCUT2D eigenvalue weighted by atomic mass is 32.2. The number of hydrogen-bond donors (Lipinski definition) is 3. The van der Waals surface area contributed by atoms with Crippen LogP contribution in [0.25, 0.3) is 0 Å². The molecule has 0 aliphatic heterocycles. The van der Waals surface area contributed by atoms with Crippen molar-refractivity contribution in [3.05, 3.63) is 66.0 Å². The number of nitrogens with zero attached hydrogens (tertiary/aromatic N) is 2. The van der Waals surface area contributed by atoms with Crippen LogP contribution in [0.15, 0.2) is 54.9 Å². The lowest BCUT2D eigenvalue weighted by Crippen LogP contribution is -2.55. The van der Waals surface area contributed by atoms with Gasteiger partial charge in [0, 0.05) is 44.9 Å². The Morgan fingerprint density at radius 3 is 2.30 bits per heavy atom. The first kappa shape index (κ1) is 40.2. The highest BCUT2D eigenvalue weighted by Gasteiger charge is 2.37. The van der Waals surface area contributed by atoms with Crippen LogP contribution in [0.2, 0.25) is 0 Å². The summed E-state index contributed by atoms with van der Waals surface area (Å²) in [5, 5.41) is 15.5. The van der Waals surface area contributed by atoms with Crippen LogP contribution >= 0.6 is 11.8 Å². The Kier molecular flexibility index (Phi) is 18.0. The van der Waals surface area contributed by atoms with E-state index < -0.39 is 50.1 Å². The van der Waals surface area contributed by atoms with Crippen LogP contribution in [0, 0.1) is 5.92 Å². The van der Waals surface area contributed by atoms with Gasteiger partial charge >= 0.3 is 0 Å². The van der Waals surface area contributed by atoms with Crippen molar-refractivity contribution in [1.82, 2.24) is 20.5 Å². The summed E-state index contributed by atoms with van der Waals surface area (Å²) in [5.41, 5.74) is 0.906. The smallest absolute Gasteiger partial charge is 0.253 e. The molecule has 2 aromatic rings. The van der Waals surface area contributed by atoms with Crippen molar-refractivity contribution >= 4 is 39.3 Å². The maximum Gasteiger partial charge on any atom is 0.253 e. The molecule has 11 nitrogen and oxygen atoms in total. The normalized spacial score (nSPS) is 13.6. The number of aliphatic hydroxyl groups excluding tert-OH is 1. The standard InChI is InChI=1S/C34H52N4O7S2/c1-6-12-28(13-7-2)47(43,44)24-29(37-32(40)27-16-11-17-35-21-27)34(42)38(22-26-14-9-8-10-15-26)23-30(39)31(46-19-18-45-5)33(41)36-20-25(3)4/h8-11,14-17,21,25,28-31,39H,6-7,12-13,18-20,22-24H2,1-5H3,(H,36,41)(H,37,40). The van der Waals surface area contributed by atoms with Crippen LogP contribution in [0.5, 0.6) is 0 Å². The summed E-state index contributed by atoms with van der Waals surface area (Å²) in [5.74, 6) is -1.68. The van der Waals surface area contributed by atoms with Crippen LogP contribution in [0.1, 0.15) is 69.3 Å². The number of thioether (sulfide) groups is 1. The van der Waals surface area contributed by atoms with E-state index in [1.54, 1.807) is 13.2 Å². The zero-order valence-electron chi connectivity index (χ0n) is 28.3. The SMILES string of the molecule is CCCC(CCC)S(=O)(=O)CC(NC(=O)c1cccnc1)C(=O)N(Cc1ccccc1)CC(O)C(SCCOC)C(=O)NCC(C)C. The molecule has 3 N–H and O–H groups in total. The van der Waals surface area contributed by atoms with Gasteiger partial charge in [-0.2, -0.15) is 0 Å². The van der Waals surface area contributed by atoms with Crippen LogP contribution in [0.4, 0.5) is 0 Å². The van der Waals surface area contributed by atoms with E-state index in [2.05, 4.69) is 15.6 Å². The number of aliphatic hydroxyl groups is 1. The number of carbonyl (C=O) groups excluding carboxylic acids is 3. The number of rotatable bonds is 22. The first-order valence-corrected chi connectivity index (χ1v) is 19.0. The number of amides is 3. The fourth-order valence-corrected chi connectivity index (χ4v) is 8.24. The molecule has 262 valence electrons. The number of sulfone groups is 1. The third-order valence-electron chi connectivity index (χ3n) is 7.47. The molecular weight excluding hydrogens is 641 g/mol. The second-order valence-electron chi connectivity index (χ2n) is 12.0. The average Bonchev–Trinajstić information content (AvgIpc) is 3.05. The number of carbonyl (C=O) groups is 3. The lowest BCUT2D eigenvalue weighted by Gasteiger charge is -2.32. The molecule has 0 saturated carbocycles. The summed E-state index contributed by atoms with van der Waals surface area (Å²) in [6, 6.07) is 10.7. The van der Waals surface area contributed by atoms with Crippen LogP contribution < -0.4 is 10.6 Å². The average molecular weight is 693 g/mol. The van der Waals surface area contributed by atoms with Gasteiger partial charge < -0.3 is 25.4 Å². The van der Waals surface area contributed by atoms with Gasteiger partial charge in [0.05, 0.1) is 29.3 Å². The van der Waals surface area contributed by atoms with Crippen molar-refractivity contribution in [3.63, 3.8) is 0 Å². The van der Waals surface area contributed by atoms with Gasteiger partial charge in [0.1, 0.15) is 11.3 Å². The van der Waals surface area contributed by atoms with Gasteiger partial charge in [-0.1, -0.05) is 70.9 Å². The largest absolute Gasteiger partial charge is 0.390 e. The molecule has 0 spiro atoms. The third-order valence-corrected chi connectivity index (χ3v) is 11.0. The summed E-state index contributed by atoms with van der Waals surface area (Å²) in [7, 11) is -2.29. The van der Waals surface area contributed by atoms with Gasteiger partial charge in [-0.05, 0) is 36.5 Å². The summed E-state index contributed by atoms with van der Waals surface area (Å²) in [6.07, 6.45) is 3.71. The lowest BCUT2D eigenvalue weighted by atomic mass is 10.1. The number of hydrogen-bond acceptors (Lipinski definition) is 9. The van der Waals surface area contributed by atoms with Gasteiger partial charge in [-0.3, -0.25) is 19.4 Å². The lowest BCUT2D eigenvalue weighted by molar-refractivity contribution is -0.135. The van der Waals surface area contributed by atoms with Gasteiger partial charge in [0.25, 0.3) is 5.91 Å². The molecule has 47 heavy (non-hydrogen) atoms. The fourth-order valence-electron chi connectivity index (χ4n) is 5.03. The molecule has 13 heteroatoms. The van der Waals surface area contributed by atoms with E-state index in [1.807, 2.05) is 58.0 Å². The summed E-state index contributed by atoms with van der Waals surface area (Å²) < 4.78 is 32.7. The van der Waals surface area contributed by atoms with E-state index >= 15 is 0 Å². The summed E-state index contributed by atoms with van der Waals surface area (Å²) in [6.45, 7) is 8.25. The number of ether oxygens (including phenoxy) is 1. The van der Waals surface area contributed by atoms with Gasteiger partial charge in [0.15, 0.2) is 9.84 Å². The molecule has 3 unspecified atom stereocenters. The van der Waals surface area contributed by atoms with Crippen molar-refractivity contribution in [3.8, 4) is 0 Å². The second kappa shape index (κ2) is 21.1. The number of benzene rings is 1. The van der Waals surface area contributed by atoms with E-state index in [-0.39, 0.29) is 30.5 Å². The zero-order chi connectivity index (χ0) is 34.8. The Bertz CT molecular complexity index is 1320. The predicted octanol–water partition coefficient (Wildman–Crippen LogP) is 3.47. The molecule has 1 aromatic heterocycles. The first-order chi connectivity index (χ1) is 22.4. The first-order valence-electron chi connectivity index (χ1n) is 16.2. The molecular formula is C34H52N4O7S2. The number of pyridine rings is 1. The summed E-state index contributed by atoms with van der Waals surface area (Å²) in [4.78, 5) is 46.3. The van der Waals surface area contributed by atoms with Gasteiger partial charge in [0.2, 0.25) is 11.8 Å². The minimum absolute atomic E-state index is 0.0203. The van der Waals surface area contributed by atoms with Crippen molar-refractivity contribution in [2.24, 2.45) is 5.92 Å². The maximum absolute atomic E-state index is 14.4. The molecule has 0 radical (unpaired) electrons. The van der Waals surface area contributed by atoms with Crippen molar-refractivity contribution in [2.75, 3.05) is 38.3 Å². The molecule has 0 aliphatic carbocycles. The molecule has 2 rings (SSSR count). The minimum Gasteiger partial charge on any atom is -0.390 e. The van der Waals surface area contributed by atoms with Crippen LogP contribution in [-0.4, -0.2) is 102 Å². The van der Waals surface area contributed by atoms with E-state index in [1.165, 1.54) is 35.1 Å². The molecule has 0 saturated heterocycles. The van der Waals surface area contributed by atoms with Crippen molar-refractivity contribution in [1.29, 1.82) is 0 Å². The molecule has 1 aromatic carbocycles. The monoisotopic (exact) mass is 692 g/mol. The van der Waals surface area contributed by atoms with Crippen LogP contribution in [-0.2, 0) is 30.7 Å². The van der Waals surface area contributed by atoms with Crippen molar-refractivity contribution < 1.29 is 32.6 Å². The maximum atomic E-state index is 14.4. The van der Waals surface area contributed by atoms with E-state index in [4.69, 9.17) is 4.74 Å². The second-order valence-corrected chi connectivity index (χ2v) is 15.6. The molecule has 0 aliphatic rings. The highest BCUT2D eigenvalue weighted by molar-refractivity contribution is 8.00. The topological polar surface area (TPSA) is 155 Å². The number of nitrogens with one attached hydrogen (secondary N) is 2. The predicted molar refractivity (Wildman–Crippen MR) is 187 cm³/mol. The Hall–Kier alpha value is -3.00. The number of aromatic nitrogens is 1. The van der Waals surface area contributed by atoms with Gasteiger partial charge in [-0.15, -0.1) is 11.8 Å². The Balaban J connectivity index is 2.51. The van der Waals surface area contributed by atoms with Crippen LogP contribution in [0.3, 0.4) is 0 Å². The Morgan fingerprint density at radius 2 is 1.72 bits per heavy atom. The molecule has 1 heterocycles. The van der Waals surface area contributed by atoms with E-state index in [0.717, 1.165) is 5.56 Å². The molecule has 0 bridgehead atoms. The van der Waals surface area contributed by atoms with Gasteiger partial charge in [-0.25, -0.2) is 8.42 Å². The summed E-state index contributed by atoms with van der Waals surface area (Å²) >= 11 is 1.22. The molecule has 3 amide bonds. The molecule has 3 atom stereocenters. The fraction of sp³-hybridized carbons (Fsp3) is 0.588. The quantitative estimate of drug-likeness (QED) is 0.157. The van der Waals surface area contributed by atoms with E-state index in [0.29, 0.717) is 44.6 Å². The zero-order valence-corrected chi connectivity index (χ0v) is 29.9. The highest BCUT2D eigenvalue weighted by Crippen LogP contribution is 2.21. The Labute approximate surface area is 284 Å². The van der Waals surface area contributed by atoms with Crippen molar-refractivity contribution in [2.45, 2.75) is 82.6 Å². The molecule has 0 fully saturated rings. The number of methoxy groups -OCH3 is 1.